The minimum atomic E-state index is -1.50. The number of nitrogens with two attached hydrogens (primary N) is 5. The van der Waals surface area contributed by atoms with Crippen LogP contribution in [0.1, 0.15) is 120 Å². The van der Waals surface area contributed by atoms with Crippen molar-refractivity contribution in [2.45, 2.75) is 175 Å². The maximum Gasteiger partial charge on any atom is 0.243 e. The Labute approximate surface area is 414 Å². The summed E-state index contributed by atoms with van der Waals surface area (Å²) in [6.07, 6.45) is -2.16. The molecular weight excluding hydrogens is 935 g/mol. The summed E-state index contributed by atoms with van der Waals surface area (Å²) in [5, 5.41) is 27.0. The first-order valence-electron chi connectivity index (χ1n) is 23.4. The smallest absolute Gasteiger partial charge is 0.243 e. The van der Waals surface area contributed by atoms with Gasteiger partial charge in [-0.3, -0.25) is 57.7 Å². The zero-order valence-electron chi connectivity index (χ0n) is 41.9. The number of carbonyl (C=O) groups excluding carboxylic acids is 11. The molecule has 25 nitrogen and oxygen atoms in total. The van der Waals surface area contributed by atoms with Gasteiger partial charge in [0, 0.05) is 25.8 Å². The maximum atomic E-state index is 14.0. The van der Waals surface area contributed by atoms with Gasteiger partial charge in [0.05, 0.1) is 17.9 Å². The Hall–Kier alpha value is -5.89. The molecule has 0 aromatic carbocycles. The van der Waals surface area contributed by atoms with E-state index in [4.69, 9.17) is 28.7 Å². The Morgan fingerprint density at radius 2 is 0.971 bits per heavy atom. The van der Waals surface area contributed by atoms with Crippen molar-refractivity contribution in [1.82, 2.24) is 37.2 Å². The molecule has 0 bridgehead atoms. The third kappa shape index (κ3) is 26.2. The van der Waals surface area contributed by atoms with Crippen molar-refractivity contribution in [3.05, 3.63) is 0 Å². The molecule has 0 aliphatic heterocycles. The molecule has 0 aromatic heterocycles. The molecule has 398 valence electrons. The lowest BCUT2D eigenvalue weighted by atomic mass is 10.00. The quantitative estimate of drug-likeness (QED) is 0.0170. The van der Waals surface area contributed by atoms with E-state index in [1.807, 2.05) is 13.8 Å². The second kappa shape index (κ2) is 32.8. The van der Waals surface area contributed by atoms with Crippen LogP contribution in [0.25, 0.3) is 0 Å². The minimum absolute atomic E-state index is 0.00358. The maximum absolute atomic E-state index is 14.0. The van der Waals surface area contributed by atoms with Crippen molar-refractivity contribution < 1.29 is 57.8 Å². The molecule has 0 unspecified atom stereocenters. The number of rotatable bonds is 34. The molecule has 0 radical (unpaired) electrons. The highest BCUT2D eigenvalue weighted by molar-refractivity contribution is 8.14. The highest BCUT2D eigenvalue weighted by Crippen LogP contribution is 2.16. The van der Waals surface area contributed by atoms with E-state index >= 15 is 0 Å². The highest BCUT2D eigenvalue weighted by atomic mass is 32.2. The van der Waals surface area contributed by atoms with Crippen LogP contribution in [-0.2, 0) is 52.7 Å². The molecule has 0 aliphatic rings. The number of nitrogens with zero attached hydrogens (tertiary/aromatic N) is 1. The number of nitrogens with one attached hydrogen (secondary N) is 7. The summed E-state index contributed by atoms with van der Waals surface area (Å²) in [4.78, 5) is 148. The van der Waals surface area contributed by atoms with Crippen LogP contribution in [-0.4, -0.2) is 142 Å². The van der Waals surface area contributed by atoms with Gasteiger partial charge in [0.25, 0.3) is 0 Å². The Balaban J connectivity index is 6.61. The summed E-state index contributed by atoms with van der Waals surface area (Å²) < 4.78 is 0. The summed E-state index contributed by atoms with van der Waals surface area (Å²) in [6, 6.07) is -10.7. The lowest BCUT2D eigenvalue weighted by Crippen LogP contribution is -2.60. The monoisotopic (exact) mass is 1010 g/mol. The number of amides is 9. The molecule has 18 N–H and O–H groups in total. The average molecular weight is 1010 g/mol. The first-order valence-corrected chi connectivity index (χ1v) is 24.4. The van der Waals surface area contributed by atoms with E-state index in [0.717, 1.165) is 11.8 Å². The molecule has 0 aliphatic carbocycles. The molecule has 9 atom stereocenters. The number of aliphatic hydroxyl groups is 1. The fraction of sp³-hybridized carbons (Fsp3) is 0.727. The number of aliphatic hydroxyl groups excluding tert-OH is 1. The van der Waals surface area contributed by atoms with E-state index < -0.39 is 125 Å². The summed E-state index contributed by atoms with van der Waals surface area (Å²) in [6.45, 7) is 14.7. The van der Waals surface area contributed by atoms with Gasteiger partial charge >= 0.3 is 0 Å². The summed E-state index contributed by atoms with van der Waals surface area (Å²) in [5.74, 6) is -8.98. The molecule has 26 heteroatoms. The normalized spacial score (nSPS) is 15.1. The number of hydrogen-bond donors (Lipinski definition) is 13. The van der Waals surface area contributed by atoms with Gasteiger partial charge in [0.2, 0.25) is 58.3 Å². The van der Waals surface area contributed by atoms with Gasteiger partial charge in [-0.1, -0.05) is 60.2 Å². The van der Waals surface area contributed by atoms with Gasteiger partial charge in [0.15, 0.2) is 5.96 Å². The standard InChI is InChI=1S/C44H79N13O12S/c1-10-26(59)20-70-43(69)31(19-22(4)5)56-40(66)30(18-21(2)3)55-39(65)29(14-16-33(46)61)53-38(64)27(12-11-17-50-44(48)49)52-36(62)24(8)51-37(63)28(13-15-32(45)60)54-42(68)35(23(6)7)57-41(67)34(47)25(9)58/h21-25,27-31,34-35,58H,10-20,47H2,1-9H3,(H2,45,60)(H2,46,61)(H,51,63)(H,52,62)(H,53,64)(H,54,68)(H,55,65)(H,56,66)(H,57,67)(H4,48,49,50)/t24-,25+,27-,28-,29-,30-,31-,34-,35-/m0/s1. The molecule has 0 spiro atoms. The van der Waals surface area contributed by atoms with Gasteiger partial charge in [0.1, 0.15) is 48.1 Å². The summed E-state index contributed by atoms with van der Waals surface area (Å²) >= 11 is 0.789. The van der Waals surface area contributed by atoms with Crippen LogP contribution in [0.2, 0.25) is 0 Å². The van der Waals surface area contributed by atoms with Gasteiger partial charge in [-0.05, 0) is 70.1 Å². The zero-order chi connectivity index (χ0) is 54.0. The van der Waals surface area contributed by atoms with Crippen LogP contribution >= 0.6 is 11.8 Å². The largest absolute Gasteiger partial charge is 0.391 e. The second-order valence-electron chi connectivity index (χ2n) is 18.3. The number of primary amides is 2. The van der Waals surface area contributed by atoms with Gasteiger partial charge in [-0.2, -0.15) is 0 Å². The first-order chi connectivity index (χ1) is 32.5. The van der Waals surface area contributed by atoms with E-state index in [2.05, 4.69) is 42.2 Å². The van der Waals surface area contributed by atoms with Crippen LogP contribution < -0.4 is 65.9 Å². The molecule has 0 rings (SSSR count). The summed E-state index contributed by atoms with van der Waals surface area (Å²) in [5.41, 5.74) is 27.4. The average Bonchev–Trinajstić information content (AvgIpc) is 3.26. The molecule has 0 aromatic rings. The van der Waals surface area contributed by atoms with Crippen LogP contribution in [0.3, 0.4) is 0 Å². The molecule has 0 saturated heterocycles. The van der Waals surface area contributed by atoms with Crippen molar-refractivity contribution in [3.8, 4) is 0 Å². The van der Waals surface area contributed by atoms with Crippen LogP contribution in [0.15, 0.2) is 4.99 Å². The Kier molecular flexibility index (Phi) is 30.1. The molecule has 0 saturated carbocycles. The van der Waals surface area contributed by atoms with Crippen LogP contribution in [0.5, 0.6) is 0 Å². The van der Waals surface area contributed by atoms with Crippen molar-refractivity contribution in [3.63, 3.8) is 0 Å². The Bertz CT molecular complexity index is 1840. The molecule has 70 heavy (non-hydrogen) atoms. The molecule has 0 fully saturated rings. The van der Waals surface area contributed by atoms with Crippen molar-refractivity contribution >= 4 is 81.8 Å². The van der Waals surface area contributed by atoms with E-state index in [1.54, 1.807) is 34.6 Å². The Morgan fingerprint density at radius 1 is 0.543 bits per heavy atom. The number of guanidine groups is 1. The molecule has 9 amide bonds. The third-order valence-electron chi connectivity index (χ3n) is 10.4. The number of carbonyl (C=O) groups is 11. The van der Waals surface area contributed by atoms with E-state index in [9.17, 15) is 57.8 Å². The zero-order valence-corrected chi connectivity index (χ0v) is 42.7. The van der Waals surface area contributed by atoms with Gasteiger partial charge < -0.3 is 71.0 Å². The first kappa shape index (κ1) is 64.1. The van der Waals surface area contributed by atoms with Gasteiger partial charge in [-0.15, -0.1) is 0 Å². The SMILES string of the molecule is CCC(=O)CSC(=O)[C@H](CC(C)C)NC(=O)[C@H](CC(C)C)NC(=O)[C@H](CCC(N)=O)NC(=O)[C@H](CCCN=C(N)N)NC(=O)[C@H](C)NC(=O)[C@H](CCC(N)=O)NC(=O)[C@@H](NC(=O)[C@@H](N)[C@@H](C)O)C(C)C. The van der Waals surface area contributed by atoms with Crippen LogP contribution in [0.4, 0.5) is 0 Å². The number of aliphatic imine (C=N–C) groups is 1. The summed E-state index contributed by atoms with van der Waals surface area (Å²) in [7, 11) is 0. The topological polar surface area (TPSA) is 435 Å². The number of thioether (sulfide) groups is 1. The predicted molar refractivity (Wildman–Crippen MR) is 262 cm³/mol. The van der Waals surface area contributed by atoms with Crippen molar-refractivity contribution in [1.29, 1.82) is 0 Å². The number of ketones is 1. The minimum Gasteiger partial charge on any atom is -0.391 e. The fourth-order valence-electron chi connectivity index (χ4n) is 6.38. The number of hydrogen-bond acceptors (Lipinski definition) is 15. The lowest BCUT2D eigenvalue weighted by molar-refractivity contribution is -0.136. The number of Topliss-reactive ketones (excluding diaryl/α,β-unsaturated/α-hetero) is 1. The fourth-order valence-corrected chi connectivity index (χ4v) is 7.25. The van der Waals surface area contributed by atoms with E-state index in [1.165, 1.54) is 13.8 Å². The van der Waals surface area contributed by atoms with Crippen molar-refractivity contribution in [2.75, 3.05) is 12.3 Å². The lowest BCUT2D eigenvalue weighted by Gasteiger charge is -2.28. The second-order valence-corrected chi connectivity index (χ2v) is 19.2. The van der Waals surface area contributed by atoms with Gasteiger partial charge in [-0.25, -0.2) is 0 Å². The predicted octanol–water partition coefficient (Wildman–Crippen LogP) is -3.32. The Morgan fingerprint density at radius 3 is 1.43 bits per heavy atom. The third-order valence-corrected chi connectivity index (χ3v) is 11.5. The highest BCUT2D eigenvalue weighted by Gasteiger charge is 2.35. The molecular formula is C44H79N13O12S. The van der Waals surface area contributed by atoms with E-state index in [0.29, 0.717) is 0 Å². The van der Waals surface area contributed by atoms with Crippen molar-refractivity contribution in [2.24, 2.45) is 51.4 Å². The van der Waals surface area contributed by atoms with Crippen LogP contribution in [0, 0.1) is 17.8 Å². The molecule has 0 heterocycles. The van der Waals surface area contributed by atoms with E-state index in [-0.39, 0.29) is 87.2 Å².